The quantitative estimate of drug-likeness (QED) is 0.228. The van der Waals surface area contributed by atoms with Crippen molar-refractivity contribution in [1.82, 2.24) is 0 Å². The first-order valence-corrected chi connectivity index (χ1v) is 14.1. The molecule has 1 aliphatic carbocycles. The van der Waals surface area contributed by atoms with E-state index in [9.17, 15) is 5.11 Å². The fourth-order valence-corrected chi connectivity index (χ4v) is 5.24. The molecule has 0 saturated heterocycles. The normalized spacial score (nSPS) is 24.2. The molecule has 5 rings (SSSR count). The molecular formula is C35H38O6. The number of aliphatic hydroxyl groups excluding tert-OH is 1. The summed E-state index contributed by atoms with van der Waals surface area (Å²) in [5, 5.41) is 11.7. The Morgan fingerprint density at radius 1 is 0.415 bits per heavy atom. The van der Waals surface area contributed by atoms with E-state index in [2.05, 4.69) is 0 Å². The van der Waals surface area contributed by atoms with Crippen molar-refractivity contribution in [3.63, 3.8) is 0 Å². The highest BCUT2D eigenvalue weighted by Gasteiger charge is 2.53. The minimum Gasteiger partial charge on any atom is -0.387 e. The highest BCUT2D eigenvalue weighted by molar-refractivity contribution is 5.17. The maximum Gasteiger partial charge on any atom is 0.116 e. The van der Waals surface area contributed by atoms with Crippen molar-refractivity contribution in [1.29, 1.82) is 0 Å². The Hall–Kier alpha value is -3.36. The Bertz CT molecular complexity index is 1270. The Kier molecular flexibility index (Phi) is 10.7. The monoisotopic (exact) mass is 554 g/mol. The van der Waals surface area contributed by atoms with Crippen molar-refractivity contribution in [2.24, 2.45) is 0 Å². The summed E-state index contributed by atoms with van der Waals surface area (Å²) < 4.78 is 32.0. The van der Waals surface area contributed by atoms with Crippen LogP contribution in [0.3, 0.4) is 0 Å². The number of rotatable bonds is 13. The first-order chi connectivity index (χ1) is 20.2. The first kappa shape index (κ1) is 29.1. The molecule has 6 heteroatoms. The predicted octanol–water partition coefficient (Wildman–Crippen LogP) is 5.72. The van der Waals surface area contributed by atoms with E-state index in [1.807, 2.05) is 121 Å². The molecule has 0 aliphatic heterocycles. The molecule has 0 spiro atoms. The van der Waals surface area contributed by atoms with E-state index < -0.39 is 36.6 Å². The van der Waals surface area contributed by atoms with Gasteiger partial charge in [0.15, 0.2) is 0 Å². The van der Waals surface area contributed by atoms with Crippen molar-refractivity contribution >= 4 is 0 Å². The van der Waals surface area contributed by atoms with Crippen molar-refractivity contribution in [2.45, 2.75) is 63.1 Å². The third kappa shape index (κ3) is 7.89. The number of aliphatic hydroxyl groups is 1. The van der Waals surface area contributed by atoms with Gasteiger partial charge in [-0.3, -0.25) is 0 Å². The van der Waals surface area contributed by atoms with Gasteiger partial charge in [-0.1, -0.05) is 121 Å². The fourth-order valence-electron chi connectivity index (χ4n) is 5.24. The summed E-state index contributed by atoms with van der Waals surface area (Å²) in [5.74, 6) is 0. The Labute approximate surface area is 242 Å². The Morgan fingerprint density at radius 3 is 1.00 bits per heavy atom. The van der Waals surface area contributed by atoms with Gasteiger partial charge in [0.2, 0.25) is 0 Å². The molecule has 41 heavy (non-hydrogen) atoms. The standard InChI is InChI=1S/C35H38O6/c1-37-31-30(36)32(38-22-26-14-6-2-7-15-26)34(40-24-28-18-10-4-11-19-28)35(41-25-29-20-12-5-13-21-29)33(31)39-23-27-16-8-3-9-17-27/h2-21,30-36H,22-25H2,1H3/t30-,31-,32-,33-,34+,35+/m0/s1. The molecule has 0 aromatic heterocycles. The second kappa shape index (κ2) is 15.0. The summed E-state index contributed by atoms with van der Waals surface area (Å²) in [5.41, 5.74) is 4.06. The highest BCUT2D eigenvalue weighted by Crippen LogP contribution is 2.34. The molecule has 1 saturated carbocycles. The van der Waals surface area contributed by atoms with Crippen LogP contribution in [0.5, 0.6) is 0 Å². The minimum atomic E-state index is -1.01. The molecule has 1 aliphatic rings. The molecule has 1 fully saturated rings. The van der Waals surface area contributed by atoms with Crippen molar-refractivity contribution in [3.8, 4) is 0 Å². The van der Waals surface area contributed by atoms with Gasteiger partial charge in [-0.25, -0.2) is 0 Å². The van der Waals surface area contributed by atoms with Crippen molar-refractivity contribution < 1.29 is 28.8 Å². The zero-order valence-corrected chi connectivity index (χ0v) is 23.3. The lowest BCUT2D eigenvalue weighted by Gasteiger charge is -2.48. The molecule has 0 heterocycles. The maximum absolute atomic E-state index is 11.7. The van der Waals surface area contributed by atoms with Crippen LogP contribution in [-0.4, -0.2) is 48.8 Å². The van der Waals surface area contributed by atoms with E-state index in [1.165, 1.54) is 0 Å². The number of hydrogen-bond acceptors (Lipinski definition) is 6. The van der Waals surface area contributed by atoms with Gasteiger partial charge in [-0.15, -0.1) is 0 Å². The topological polar surface area (TPSA) is 66.4 Å². The molecule has 214 valence electrons. The average molecular weight is 555 g/mol. The molecule has 4 aromatic carbocycles. The molecule has 0 amide bonds. The molecular weight excluding hydrogens is 516 g/mol. The van der Waals surface area contributed by atoms with E-state index >= 15 is 0 Å². The van der Waals surface area contributed by atoms with Gasteiger partial charge in [0.05, 0.1) is 26.4 Å². The lowest BCUT2D eigenvalue weighted by molar-refractivity contribution is -0.277. The van der Waals surface area contributed by atoms with Crippen LogP contribution >= 0.6 is 0 Å². The summed E-state index contributed by atoms with van der Waals surface area (Å²) >= 11 is 0. The lowest BCUT2D eigenvalue weighted by Crippen LogP contribution is -2.66. The zero-order chi connectivity index (χ0) is 28.3. The third-order valence-electron chi connectivity index (χ3n) is 7.38. The van der Waals surface area contributed by atoms with Crippen LogP contribution in [0.2, 0.25) is 0 Å². The summed E-state index contributed by atoms with van der Waals surface area (Å²) in [6.45, 7) is 1.33. The summed E-state index contributed by atoms with van der Waals surface area (Å²) in [6.07, 6.45) is -4.27. The van der Waals surface area contributed by atoms with Gasteiger partial charge in [-0.05, 0) is 22.3 Å². The number of benzene rings is 4. The van der Waals surface area contributed by atoms with Crippen molar-refractivity contribution in [3.05, 3.63) is 144 Å². The average Bonchev–Trinajstić information content (AvgIpc) is 3.03. The van der Waals surface area contributed by atoms with E-state index in [4.69, 9.17) is 23.7 Å². The van der Waals surface area contributed by atoms with E-state index in [1.54, 1.807) is 7.11 Å². The number of ether oxygens (including phenoxy) is 5. The van der Waals surface area contributed by atoms with Crippen LogP contribution in [0.1, 0.15) is 22.3 Å². The Balaban J connectivity index is 1.45. The summed E-state index contributed by atoms with van der Waals surface area (Å²) in [4.78, 5) is 0. The Morgan fingerprint density at radius 2 is 0.683 bits per heavy atom. The SMILES string of the molecule is CO[C@H]1[C@H](O)[C@H](OCc2ccccc2)[C@@H](OCc2ccccc2)[C@H](OCc2ccccc2)[C@H]1OCc1ccccc1. The van der Waals surface area contributed by atoms with E-state index in [0.717, 1.165) is 22.3 Å². The van der Waals surface area contributed by atoms with Gasteiger partial charge < -0.3 is 28.8 Å². The molecule has 0 radical (unpaired) electrons. The van der Waals surface area contributed by atoms with Crippen molar-refractivity contribution in [2.75, 3.05) is 7.11 Å². The smallest absolute Gasteiger partial charge is 0.116 e. The van der Waals surface area contributed by atoms with Crippen LogP contribution in [-0.2, 0) is 50.1 Å². The van der Waals surface area contributed by atoms with Crippen LogP contribution < -0.4 is 0 Å². The minimum absolute atomic E-state index is 0.311. The van der Waals surface area contributed by atoms with Crippen LogP contribution in [0, 0.1) is 0 Å². The number of methoxy groups -OCH3 is 1. The summed E-state index contributed by atoms with van der Waals surface area (Å²) in [7, 11) is 1.58. The van der Waals surface area contributed by atoms with Gasteiger partial charge in [0, 0.05) is 7.11 Å². The van der Waals surface area contributed by atoms with Gasteiger partial charge in [0.1, 0.15) is 36.6 Å². The van der Waals surface area contributed by atoms with Crippen LogP contribution in [0.25, 0.3) is 0 Å². The lowest BCUT2D eigenvalue weighted by atomic mass is 9.83. The van der Waals surface area contributed by atoms with Gasteiger partial charge >= 0.3 is 0 Å². The second-order valence-electron chi connectivity index (χ2n) is 10.2. The van der Waals surface area contributed by atoms with E-state index in [0.29, 0.717) is 26.4 Å². The molecule has 6 atom stereocenters. The molecule has 1 N–H and O–H groups in total. The first-order valence-electron chi connectivity index (χ1n) is 14.1. The van der Waals surface area contributed by atoms with Crippen LogP contribution in [0.15, 0.2) is 121 Å². The molecule has 0 bridgehead atoms. The van der Waals surface area contributed by atoms with Gasteiger partial charge in [-0.2, -0.15) is 0 Å². The molecule has 0 unspecified atom stereocenters. The fraction of sp³-hybridized carbons (Fsp3) is 0.314. The predicted molar refractivity (Wildman–Crippen MR) is 157 cm³/mol. The third-order valence-corrected chi connectivity index (χ3v) is 7.38. The second-order valence-corrected chi connectivity index (χ2v) is 10.2. The molecule has 4 aromatic rings. The van der Waals surface area contributed by atoms with E-state index in [-0.39, 0.29) is 0 Å². The number of hydrogen-bond donors (Lipinski definition) is 1. The highest BCUT2D eigenvalue weighted by atomic mass is 16.6. The van der Waals surface area contributed by atoms with Crippen LogP contribution in [0.4, 0.5) is 0 Å². The van der Waals surface area contributed by atoms with Gasteiger partial charge in [0.25, 0.3) is 0 Å². The largest absolute Gasteiger partial charge is 0.387 e. The molecule has 6 nitrogen and oxygen atoms in total. The zero-order valence-electron chi connectivity index (χ0n) is 23.3. The maximum atomic E-state index is 11.7. The summed E-state index contributed by atoms with van der Waals surface area (Å²) in [6, 6.07) is 39.8.